The lowest BCUT2D eigenvalue weighted by Crippen LogP contribution is -2.34. The molecule has 0 radical (unpaired) electrons. The second-order valence-electron chi connectivity index (χ2n) is 6.86. The summed E-state index contributed by atoms with van der Waals surface area (Å²) in [4.78, 5) is 29.4. The number of benzene rings is 3. The molecule has 3 aromatic carbocycles. The van der Waals surface area contributed by atoms with Crippen molar-refractivity contribution >= 4 is 23.1 Å². The number of carbonyl (C=O) groups excluding carboxylic acids is 2. The first-order valence-corrected chi connectivity index (χ1v) is 9.25. The Morgan fingerprint density at radius 2 is 1.48 bits per heavy atom. The number of carbonyl (C=O) groups is 2. The summed E-state index contributed by atoms with van der Waals surface area (Å²) in [5.74, 6) is -1.42. The molecule has 0 spiro atoms. The number of hydrogen-bond donors (Lipinski definition) is 0. The Morgan fingerprint density at radius 3 is 2.14 bits per heavy atom. The van der Waals surface area contributed by atoms with Crippen molar-refractivity contribution in [3.63, 3.8) is 0 Å². The minimum atomic E-state index is -0.504. The Labute approximate surface area is 168 Å². The zero-order valence-corrected chi connectivity index (χ0v) is 15.9. The molecule has 0 bridgehead atoms. The topological polar surface area (TPSA) is 40.6 Å². The van der Waals surface area contributed by atoms with Gasteiger partial charge in [0.25, 0.3) is 11.8 Å². The van der Waals surface area contributed by atoms with Crippen molar-refractivity contribution in [2.75, 3.05) is 11.9 Å². The van der Waals surface area contributed by atoms with Gasteiger partial charge in [0.05, 0.1) is 11.3 Å². The Bertz CT molecular complexity index is 1090. The number of halogens is 1. The van der Waals surface area contributed by atoms with E-state index >= 15 is 0 Å². The van der Waals surface area contributed by atoms with Crippen LogP contribution in [0.4, 0.5) is 10.1 Å². The quantitative estimate of drug-likeness (QED) is 0.616. The third kappa shape index (κ3) is 3.55. The Kier molecular flexibility index (Phi) is 4.96. The molecule has 3 aromatic rings. The maximum Gasteiger partial charge on any atom is 0.282 e. The van der Waals surface area contributed by atoms with Crippen molar-refractivity contribution in [2.45, 2.75) is 6.54 Å². The van der Waals surface area contributed by atoms with E-state index in [2.05, 4.69) is 0 Å². The van der Waals surface area contributed by atoms with Crippen LogP contribution < -0.4 is 4.90 Å². The second-order valence-corrected chi connectivity index (χ2v) is 6.86. The largest absolute Gasteiger partial charge is 0.365 e. The number of nitrogens with zero attached hydrogens (tertiary/aromatic N) is 2. The predicted octanol–water partition coefficient (Wildman–Crippen LogP) is 4.24. The second kappa shape index (κ2) is 7.72. The maximum absolute atomic E-state index is 13.8. The Hall–Kier alpha value is -3.73. The van der Waals surface area contributed by atoms with E-state index in [1.54, 1.807) is 30.1 Å². The monoisotopic (exact) mass is 386 g/mol. The minimum Gasteiger partial charge on any atom is -0.365 e. The number of imide groups is 1. The highest BCUT2D eigenvalue weighted by molar-refractivity contribution is 6.45. The van der Waals surface area contributed by atoms with E-state index in [4.69, 9.17) is 0 Å². The van der Waals surface area contributed by atoms with Gasteiger partial charge >= 0.3 is 0 Å². The van der Waals surface area contributed by atoms with E-state index < -0.39 is 17.6 Å². The van der Waals surface area contributed by atoms with Crippen molar-refractivity contribution in [3.8, 4) is 0 Å². The van der Waals surface area contributed by atoms with E-state index in [1.807, 2.05) is 48.5 Å². The molecule has 144 valence electrons. The summed E-state index contributed by atoms with van der Waals surface area (Å²) >= 11 is 0. The van der Waals surface area contributed by atoms with Crippen LogP contribution >= 0.6 is 0 Å². The molecule has 1 aliphatic heterocycles. The van der Waals surface area contributed by atoms with Gasteiger partial charge in [-0.2, -0.15) is 0 Å². The third-order valence-electron chi connectivity index (χ3n) is 4.83. The van der Waals surface area contributed by atoms with Crippen molar-refractivity contribution in [1.29, 1.82) is 0 Å². The predicted molar refractivity (Wildman–Crippen MR) is 110 cm³/mol. The van der Waals surface area contributed by atoms with Gasteiger partial charge in [-0.25, -0.2) is 9.29 Å². The molecule has 4 nitrogen and oxygen atoms in total. The van der Waals surface area contributed by atoms with Crippen LogP contribution in [0.5, 0.6) is 0 Å². The molecule has 0 saturated carbocycles. The Balaban J connectivity index is 1.79. The molecular formula is C24H19FN2O2. The lowest BCUT2D eigenvalue weighted by Gasteiger charge is -2.21. The third-order valence-corrected chi connectivity index (χ3v) is 4.83. The summed E-state index contributed by atoms with van der Waals surface area (Å²) in [6, 6.07) is 24.3. The number of likely N-dealkylation sites (N-methyl/N-ethyl adjacent to an activating group) is 1. The average molecular weight is 386 g/mol. The molecule has 0 saturated heterocycles. The fraction of sp³-hybridized carbons (Fsp3) is 0.0833. The molecule has 0 fully saturated rings. The van der Waals surface area contributed by atoms with Crippen molar-refractivity contribution in [3.05, 3.63) is 108 Å². The van der Waals surface area contributed by atoms with Crippen LogP contribution in [0.3, 0.4) is 0 Å². The molecule has 29 heavy (non-hydrogen) atoms. The molecule has 1 aliphatic rings. The van der Waals surface area contributed by atoms with Crippen LogP contribution in [0.15, 0.2) is 90.6 Å². The van der Waals surface area contributed by atoms with Gasteiger partial charge < -0.3 is 4.90 Å². The summed E-state index contributed by atoms with van der Waals surface area (Å²) in [5.41, 5.74) is 2.50. The molecule has 0 unspecified atom stereocenters. The van der Waals surface area contributed by atoms with Gasteiger partial charge in [0.15, 0.2) is 0 Å². The number of rotatable bonds is 5. The SMILES string of the molecule is CN(Cc1ccccc1)C1=C(c2ccccc2)C(=O)N(c2cccc(F)c2)C1=O. The molecule has 2 amide bonds. The number of amides is 2. The van der Waals surface area contributed by atoms with Gasteiger partial charge in [-0.1, -0.05) is 66.7 Å². The minimum absolute atomic E-state index is 0.219. The van der Waals surface area contributed by atoms with Gasteiger partial charge in [-0.05, 0) is 29.3 Å². The molecule has 0 aromatic heterocycles. The summed E-state index contributed by atoms with van der Waals surface area (Å²) in [5, 5.41) is 0. The summed E-state index contributed by atoms with van der Waals surface area (Å²) in [7, 11) is 1.78. The zero-order valence-electron chi connectivity index (χ0n) is 15.9. The van der Waals surface area contributed by atoms with E-state index in [0.717, 1.165) is 10.5 Å². The van der Waals surface area contributed by atoms with Gasteiger partial charge in [0.2, 0.25) is 0 Å². The van der Waals surface area contributed by atoms with Crippen LogP contribution in [0.1, 0.15) is 11.1 Å². The molecule has 0 atom stereocenters. The van der Waals surface area contributed by atoms with E-state index in [0.29, 0.717) is 23.4 Å². The molecule has 5 heteroatoms. The smallest absolute Gasteiger partial charge is 0.282 e. The zero-order chi connectivity index (χ0) is 20.4. The van der Waals surface area contributed by atoms with Crippen LogP contribution in [0.2, 0.25) is 0 Å². The maximum atomic E-state index is 13.8. The first-order valence-electron chi connectivity index (χ1n) is 9.25. The lowest BCUT2D eigenvalue weighted by molar-refractivity contribution is -0.120. The lowest BCUT2D eigenvalue weighted by atomic mass is 10.0. The van der Waals surface area contributed by atoms with E-state index in [1.165, 1.54) is 18.2 Å². The van der Waals surface area contributed by atoms with Gasteiger partial charge in [0, 0.05) is 13.6 Å². The van der Waals surface area contributed by atoms with Crippen molar-refractivity contribution in [2.24, 2.45) is 0 Å². The highest BCUT2D eigenvalue weighted by Gasteiger charge is 2.41. The number of anilines is 1. The molecule has 1 heterocycles. The number of hydrogen-bond acceptors (Lipinski definition) is 3. The van der Waals surface area contributed by atoms with Crippen LogP contribution in [0, 0.1) is 5.82 Å². The molecular weight excluding hydrogens is 367 g/mol. The van der Waals surface area contributed by atoms with E-state index in [-0.39, 0.29) is 5.69 Å². The van der Waals surface area contributed by atoms with Crippen LogP contribution in [-0.4, -0.2) is 23.8 Å². The van der Waals surface area contributed by atoms with Gasteiger partial charge in [-0.15, -0.1) is 0 Å². The van der Waals surface area contributed by atoms with Crippen molar-refractivity contribution < 1.29 is 14.0 Å². The normalized spacial score (nSPS) is 13.9. The standard InChI is InChI=1S/C24H19FN2O2/c1-26(16-17-9-4-2-5-10-17)22-21(18-11-6-3-7-12-18)23(28)27(24(22)29)20-14-8-13-19(25)15-20/h2-15H,16H2,1H3. The average Bonchev–Trinajstić information content (AvgIpc) is 2.99. The molecule has 0 N–H and O–H groups in total. The fourth-order valence-corrected chi connectivity index (χ4v) is 3.52. The summed E-state index contributed by atoms with van der Waals surface area (Å²) in [6.45, 7) is 0.461. The highest BCUT2D eigenvalue weighted by Crippen LogP contribution is 2.34. The van der Waals surface area contributed by atoms with Gasteiger partial charge in [-0.3, -0.25) is 9.59 Å². The summed E-state index contributed by atoms with van der Waals surface area (Å²) in [6.07, 6.45) is 0. The summed E-state index contributed by atoms with van der Waals surface area (Å²) < 4.78 is 13.8. The van der Waals surface area contributed by atoms with Gasteiger partial charge in [0.1, 0.15) is 11.5 Å². The van der Waals surface area contributed by atoms with Crippen molar-refractivity contribution in [1.82, 2.24) is 4.90 Å². The Morgan fingerprint density at radius 1 is 0.828 bits per heavy atom. The first-order chi connectivity index (χ1) is 14.1. The fourth-order valence-electron chi connectivity index (χ4n) is 3.52. The van der Waals surface area contributed by atoms with E-state index in [9.17, 15) is 14.0 Å². The molecule has 4 rings (SSSR count). The highest BCUT2D eigenvalue weighted by atomic mass is 19.1. The van der Waals surface area contributed by atoms with Crippen LogP contribution in [-0.2, 0) is 16.1 Å². The van der Waals surface area contributed by atoms with Crippen LogP contribution in [0.25, 0.3) is 5.57 Å². The molecule has 0 aliphatic carbocycles. The first kappa shape index (κ1) is 18.6.